The summed E-state index contributed by atoms with van der Waals surface area (Å²) in [6, 6.07) is -0.806. The molecule has 0 aromatic heterocycles. The molecule has 2 unspecified atom stereocenters. The fourth-order valence-corrected chi connectivity index (χ4v) is 3.40. The van der Waals surface area contributed by atoms with E-state index in [0.717, 1.165) is 6.54 Å². The van der Waals surface area contributed by atoms with Gasteiger partial charge >= 0.3 is 12.0 Å². The Labute approximate surface area is 118 Å². The second kappa shape index (κ2) is 7.00. The minimum Gasteiger partial charge on any atom is -0.480 e. The second-order valence-electron chi connectivity index (χ2n) is 5.00. The Morgan fingerprint density at radius 2 is 2.11 bits per heavy atom. The van der Waals surface area contributed by atoms with Crippen molar-refractivity contribution < 1.29 is 14.7 Å². The van der Waals surface area contributed by atoms with E-state index in [1.807, 2.05) is 32.8 Å². The maximum Gasteiger partial charge on any atom is 0.327 e. The van der Waals surface area contributed by atoms with Crippen LogP contribution < -0.4 is 0 Å². The summed E-state index contributed by atoms with van der Waals surface area (Å²) in [5.41, 5.74) is 0. The van der Waals surface area contributed by atoms with E-state index < -0.39 is 12.0 Å². The average Bonchev–Trinajstić information content (AvgIpc) is 2.77. The topological polar surface area (TPSA) is 64.1 Å². The molecule has 2 amide bonds. The number of likely N-dealkylation sites (N-methyl/N-ethyl adjacent to an activating group) is 2. The fraction of sp³-hybridized carbons (Fsp3) is 0.833. The third-order valence-corrected chi connectivity index (χ3v) is 4.17. The number of hydrogen-bond acceptors (Lipinski definition) is 4. The van der Waals surface area contributed by atoms with E-state index in [1.165, 1.54) is 16.7 Å². The van der Waals surface area contributed by atoms with Crippen molar-refractivity contribution in [3.8, 4) is 0 Å². The first-order chi connectivity index (χ1) is 8.88. The molecule has 1 fully saturated rings. The molecule has 19 heavy (non-hydrogen) atoms. The molecule has 1 heterocycles. The number of carbonyl (C=O) groups is 2. The number of rotatable bonds is 5. The Balaban J connectivity index is 2.75. The summed E-state index contributed by atoms with van der Waals surface area (Å²) in [6.07, 6.45) is 0. The van der Waals surface area contributed by atoms with Crippen LogP contribution in [0.4, 0.5) is 4.79 Å². The molecule has 1 aliphatic rings. The van der Waals surface area contributed by atoms with Crippen LogP contribution in [-0.2, 0) is 4.79 Å². The van der Waals surface area contributed by atoms with Gasteiger partial charge in [-0.1, -0.05) is 0 Å². The smallest absolute Gasteiger partial charge is 0.327 e. The first-order valence-corrected chi connectivity index (χ1v) is 7.56. The molecule has 0 bridgehead atoms. The van der Waals surface area contributed by atoms with Gasteiger partial charge in [0, 0.05) is 24.9 Å². The summed E-state index contributed by atoms with van der Waals surface area (Å²) < 4.78 is 0. The van der Waals surface area contributed by atoms with Gasteiger partial charge in [0.15, 0.2) is 0 Å². The van der Waals surface area contributed by atoms with E-state index in [9.17, 15) is 9.59 Å². The van der Waals surface area contributed by atoms with Gasteiger partial charge in [0.1, 0.15) is 6.04 Å². The van der Waals surface area contributed by atoms with E-state index in [-0.39, 0.29) is 12.1 Å². The van der Waals surface area contributed by atoms with Gasteiger partial charge in [-0.05, 0) is 27.9 Å². The van der Waals surface area contributed by atoms with E-state index in [0.29, 0.717) is 18.2 Å². The van der Waals surface area contributed by atoms with Gasteiger partial charge in [0.25, 0.3) is 0 Å². The van der Waals surface area contributed by atoms with Crippen LogP contribution in [0.1, 0.15) is 13.8 Å². The minimum absolute atomic E-state index is 0.0625. The summed E-state index contributed by atoms with van der Waals surface area (Å²) in [7, 11) is 3.92. The lowest BCUT2D eigenvalue weighted by Crippen LogP contribution is -2.53. The Bertz CT molecular complexity index is 338. The summed E-state index contributed by atoms with van der Waals surface area (Å²) in [5.74, 6) is 0.0106. The zero-order valence-electron chi connectivity index (χ0n) is 12.0. The van der Waals surface area contributed by atoms with Crippen molar-refractivity contribution >= 4 is 23.8 Å². The molecule has 1 saturated heterocycles. The van der Waals surface area contributed by atoms with Crippen LogP contribution in [0.5, 0.6) is 0 Å². The lowest BCUT2D eigenvalue weighted by molar-refractivity contribution is -0.141. The Hall–Kier alpha value is -0.950. The number of aliphatic carboxylic acids is 1. The zero-order valence-corrected chi connectivity index (χ0v) is 12.8. The van der Waals surface area contributed by atoms with Gasteiger partial charge in [-0.15, -0.1) is 11.8 Å². The molecule has 0 aliphatic carbocycles. The standard InChI is InChI=1S/C12H23N3O3S/c1-5-14(9(2)6-13(3)4)12(18)15-8-19-7-10(15)11(16)17/h9-10H,5-8H2,1-4H3,(H,16,17). The van der Waals surface area contributed by atoms with Gasteiger partial charge in [-0.3, -0.25) is 0 Å². The van der Waals surface area contributed by atoms with Gasteiger partial charge < -0.3 is 19.8 Å². The Morgan fingerprint density at radius 1 is 1.47 bits per heavy atom. The van der Waals surface area contributed by atoms with E-state index in [4.69, 9.17) is 5.11 Å². The number of nitrogens with zero attached hydrogens (tertiary/aromatic N) is 3. The van der Waals surface area contributed by atoms with E-state index >= 15 is 0 Å². The van der Waals surface area contributed by atoms with Crippen LogP contribution in [-0.4, -0.2) is 82.7 Å². The SMILES string of the molecule is CCN(C(=O)N1CSCC1C(=O)O)C(C)CN(C)C. The third kappa shape index (κ3) is 4.01. The molecule has 2 atom stereocenters. The summed E-state index contributed by atoms with van der Waals surface area (Å²) in [5, 5.41) is 9.14. The monoisotopic (exact) mass is 289 g/mol. The minimum atomic E-state index is -0.922. The lowest BCUT2D eigenvalue weighted by Gasteiger charge is -2.34. The van der Waals surface area contributed by atoms with Crippen LogP contribution in [0.15, 0.2) is 0 Å². The predicted octanol–water partition coefficient (Wildman–Crippen LogP) is 0.838. The maximum atomic E-state index is 12.5. The number of thioether (sulfide) groups is 1. The summed E-state index contributed by atoms with van der Waals surface area (Å²) in [6.45, 7) is 5.25. The highest BCUT2D eigenvalue weighted by Crippen LogP contribution is 2.23. The molecule has 1 rings (SSSR count). The van der Waals surface area contributed by atoms with Crippen molar-refractivity contribution in [2.45, 2.75) is 25.9 Å². The molecular weight excluding hydrogens is 266 g/mol. The normalized spacial score (nSPS) is 20.7. The van der Waals surface area contributed by atoms with Crippen molar-refractivity contribution in [1.82, 2.24) is 14.7 Å². The zero-order chi connectivity index (χ0) is 14.6. The number of carbonyl (C=O) groups excluding carboxylic acids is 1. The third-order valence-electron chi connectivity index (χ3n) is 3.16. The van der Waals surface area contributed by atoms with Crippen LogP contribution in [0.2, 0.25) is 0 Å². The molecular formula is C12H23N3O3S. The highest BCUT2D eigenvalue weighted by atomic mass is 32.2. The number of amides is 2. The molecule has 6 nitrogen and oxygen atoms in total. The van der Waals surface area contributed by atoms with Crippen LogP contribution in [0.3, 0.4) is 0 Å². The highest BCUT2D eigenvalue weighted by Gasteiger charge is 2.37. The lowest BCUT2D eigenvalue weighted by atomic mass is 10.2. The Morgan fingerprint density at radius 3 is 2.58 bits per heavy atom. The van der Waals surface area contributed by atoms with Crippen molar-refractivity contribution in [1.29, 1.82) is 0 Å². The maximum absolute atomic E-state index is 12.5. The molecule has 0 radical (unpaired) electrons. The average molecular weight is 289 g/mol. The fourth-order valence-electron chi connectivity index (χ4n) is 2.26. The first-order valence-electron chi connectivity index (χ1n) is 6.41. The quantitative estimate of drug-likeness (QED) is 0.812. The summed E-state index contributed by atoms with van der Waals surface area (Å²) >= 11 is 1.49. The van der Waals surface area contributed by atoms with E-state index in [2.05, 4.69) is 0 Å². The van der Waals surface area contributed by atoms with Gasteiger partial charge in [-0.2, -0.15) is 0 Å². The van der Waals surface area contributed by atoms with Crippen LogP contribution in [0.25, 0.3) is 0 Å². The van der Waals surface area contributed by atoms with Gasteiger partial charge in [-0.25, -0.2) is 9.59 Å². The summed E-state index contributed by atoms with van der Waals surface area (Å²) in [4.78, 5) is 28.8. The molecule has 1 N–H and O–H groups in total. The molecule has 110 valence electrons. The molecule has 0 aromatic rings. The highest BCUT2D eigenvalue weighted by molar-refractivity contribution is 7.99. The van der Waals surface area contributed by atoms with Gasteiger partial charge in [0.2, 0.25) is 0 Å². The molecule has 0 spiro atoms. The number of carboxylic acids is 1. The van der Waals surface area contributed by atoms with Gasteiger partial charge in [0.05, 0.1) is 5.88 Å². The largest absolute Gasteiger partial charge is 0.480 e. The molecule has 0 saturated carbocycles. The van der Waals surface area contributed by atoms with E-state index in [1.54, 1.807) is 4.90 Å². The predicted molar refractivity (Wildman–Crippen MR) is 76.4 cm³/mol. The van der Waals surface area contributed by atoms with Crippen LogP contribution in [0, 0.1) is 0 Å². The molecule has 1 aliphatic heterocycles. The number of urea groups is 1. The number of carboxylic acid groups (broad SMARTS) is 1. The molecule has 7 heteroatoms. The number of hydrogen-bond donors (Lipinski definition) is 1. The van der Waals surface area contributed by atoms with Crippen molar-refractivity contribution in [2.75, 3.05) is 38.8 Å². The first kappa shape index (κ1) is 16.1. The van der Waals surface area contributed by atoms with Crippen molar-refractivity contribution in [2.24, 2.45) is 0 Å². The van der Waals surface area contributed by atoms with Crippen LogP contribution >= 0.6 is 11.8 Å². The molecule has 0 aromatic carbocycles. The second-order valence-corrected chi connectivity index (χ2v) is 6.00. The Kier molecular flexibility index (Phi) is 5.93. The van der Waals surface area contributed by atoms with Crippen molar-refractivity contribution in [3.05, 3.63) is 0 Å². The van der Waals surface area contributed by atoms with Crippen molar-refractivity contribution in [3.63, 3.8) is 0 Å².